The first-order valence-corrected chi connectivity index (χ1v) is 8.42. The van der Waals surface area contributed by atoms with Crippen LogP contribution in [-0.2, 0) is 14.9 Å². The van der Waals surface area contributed by atoms with Crippen molar-refractivity contribution in [1.82, 2.24) is 4.90 Å². The third kappa shape index (κ3) is 2.09. The minimum Gasteiger partial charge on any atom is -0.377 e. The van der Waals surface area contributed by atoms with Crippen molar-refractivity contribution in [3.05, 3.63) is 29.8 Å². The summed E-state index contributed by atoms with van der Waals surface area (Å²) in [6, 6.07) is 8.30. The summed E-state index contributed by atoms with van der Waals surface area (Å²) in [4.78, 5) is 17.2. The molecule has 0 bridgehead atoms. The Morgan fingerprint density at radius 1 is 1.27 bits per heavy atom. The van der Waals surface area contributed by atoms with Gasteiger partial charge in [-0.05, 0) is 50.4 Å². The zero-order chi connectivity index (χ0) is 15.2. The van der Waals surface area contributed by atoms with Crippen molar-refractivity contribution in [2.45, 2.75) is 37.2 Å². The van der Waals surface area contributed by atoms with E-state index in [0.717, 1.165) is 44.8 Å². The van der Waals surface area contributed by atoms with Gasteiger partial charge in [-0.15, -0.1) is 0 Å². The fourth-order valence-electron chi connectivity index (χ4n) is 4.39. The van der Waals surface area contributed by atoms with Gasteiger partial charge in [0.05, 0.1) is 11.5 Å². The minimum absolute atomic E-state index is 0.279. The number of fused-ring (bicyclic) bond motifs is 2. The summed E-state index contributed by atoms with van der Waals surface area (Å²) in [5.74, 6) is 0.283. The van der Waals surface area contributed by atoms with Crippen LogP contribution in [0.2, 0.25) is 0 Å². The third-order valence-corrected chi connectivity index (χ3v) is 5.69. The molecule has 2 saturated heterocycles. The van der Waals surface area contributed by atoms with E-state index < -0.39 is 0 Å². The maximum absolute atomic E-state index is 12.9. The Bertz CT molecular complexity index is 572. The average Bonchev–Trinajstić information content (AvgIpc) is 3.13. The molecular formula is C18H24N2O2. The third-order valence-electron chi connectivity index (χ3n) is 5.69. The molecular weight excluding hydrogens is 276 g/mol. The molecule has 3 heterocycles. The minimum atomic E-state index is -0.279. The quantitative estimate of drug-likeness (QED) is 0.839. The number of piperidine rings is 1. The van der Waals surface area contributed by atoms with Gasteiger partial charge in [-0.25, -0.2) is 0 Å². The summed E-state index contributed by atoms with van der Waals surface area (Å²) < 4.78 is 5.75. The first kappa shape index (κ1) is 14.2. The molecule has 1 aromatic carbocycles. The van der Waals surface area contributed by atoms with Gasteiger partial charge in [-0.3, -0.25) is 4.79 Å². The Balaban J connectivity index is 1.51. The molecule has 2 fully saturated rings. The molecule has 4 nitrogen and oxygen atoms in total. The average molecular weight is 300 g/mol. The molecule has 1 atom stereocenters. The number of ether oxygens (including phenoxy) is 1. The lowest BCUT2D eigenvalue weighted by Crippen LogP contribution is -2.49. The van der Waals surface area contributed by atoms with Crippen LogP contribution in [0, 0.1) is 0 Å². The Morgan fingerprint density at radius 2 is 2.05 bits per heavy atom. The summed E-state index contributed by atoms with van der Waals surface area (Å²) in [6.45, 7) is 3.93. The highest BCUT2D eigenvalue weighted by Crippen LogP contribution is 2.47. The predicted molar refractivity (Wildman–Crippen MR) is 86.2 cm³/mol. The van der Waals surface area contributed by atoms with Crippen LogP contribution in [0.3, 0.4) is 0 Å². The second-order valence-electron chi connectivity index (χ2n) is 6.90. The fourth-order valence-corrected chi connectivity index (χ4v) is 4.39. The zero-order valence-electron chi connectivity index (χ0n) is 13.3. The van der Waals surface area contributed by atoms with E-state index in [2.05, 4.69) is 23.1 Å². The molecule has 0 unspecified atom stereocenters. The van der Waals surface area contributed by atoms with E-state index in [1.807, 2.05) is 18.0 Å². The maximum Gasteiger partial charge on any atom is 0.237 e. The summed E-state index contributed by atoms with van der Waals surface area (Å²) in [5.41, 5.74) is 2.05. The standard InChI is InChI=1S/C18H24N2O2/c1-19-16-7-3-2-6-15(16)18(17(19)21)8-10-20(11-9-18)13-14-5-4-12-22-14/h2-3,6-7,14H,4-5,8-13H2,1H3/t14-/m1/s1. The van der Waals surface area contributed by atoms with Crippen LogP contribution in [0.15, 0.2) is 24.3 Å². The van der Waals surface area contributed by atoms with Crippen LogP contribution in [0.1, 0.15) is 31.2 Å². The SMILES string of the molecule is CN1C(=O)C2(CCN(C[C@H]3CCCO3)CC2)c2ccccc21. The second-order valence-corrected chi connectivity index (χ2v) is 6.90. The molecule has 1 spiro atoms. The van der Waals surface area contributed by atoms with Gasteiger partial charge in [0.25, 0.3) is 0 Å². The monoisotopic (exact) mass is 300 g/mol. The molecule has 118 valence electrons. The first-order chi connectivity index (χ1) is 10.7. The van der Waals surface area contributed by atoms with Crippen molar-refractivity contribution >= 4 is 11.6 Å². The number of nitrogens with zero attached hydrogens (tertiary/aromatic N) is 2. The Morgan fingerprint density at radius 3 is 2.77 bits per heavy atom. The molecule has 4 rings (SSSR count). The number of benzene rings is 1. The Kier molecular flexibility index (Phi) is 3.46. The van der Waals surface area contributed by atoms with E-state index in [-0.39, 0.29) is 11.3 Å². The zero-order valence-corrected chi connectivity index (χ0v) is 13.3. The number of amides is 1. The van der Waals surface area contributed by atoms with Crippen LogP contribution >= 0.6 is 0 Å². The number of para-hydroxylation sites is 1. The second kappa shape index (κ2) is 5.36. The lowest BCUT2D eigenvalue weighted by Gasteiger charge is -2.39. The predicted octanol–water partition coefficient (Wildman–Crippen LogP) is 2.18. The van der Waals surface area contributed by atoms with Gasteiger partial charge in [-0.2, -0.15) is 0 Å². The van der Waals surface area contributed by atoms with Crippen molar-refractivity contribution in [1.29, 1.82) is 0 Å². The van der Waals surface area contributed by atoms with Crippen molar-refractivity contribution in [2.24, 2.45) is 0 Å². The number of anilines is 1. The molecule has 3 aliphatic rings. The Labute approximate surface area is 132 Å². The number of rotatable bonds is 2. The van der Waals surface area contributed by atoms with Gasteiger partial charge < -0.3 is 14.5 Å². The van der Waals surface area contributed by atoms with Crippen LogP contribution in [0.25, 0.3) is 0 Å². The lowest BCUT2D eigenvalue weighted by atomic mass is 9.73. The van der Waals surface area contributed by atoms with E-state index in [1.54, 1.807) is 0 Å². The van der Waals surface area contributed by atoms with Gasteiger partial charge in [0.1, 0.15) is 0 Å². The molecule has 0 aromatic heterocycles. The summed E-state index contributed by atoms with van der Waals surface area (Å²) >= 11 is 0. The van der Waals surface area contributed by atoms with Gasteiger partial charge in [0.15, 0.2) is 0 Å². The molecule has 4 heteroatoms. The van der Waals surface area contributed by atoms with Crippen LogP contribution < -0.4 is 4.90 Å². The number of likely N-dealkylation sites (tertiary alicyclic amines) is 1. The molecule has 3 aliphatic heterocycles. The number of hydrogen-bond acceptors (Lipinski definition) is 3. The number of hydrogen-bond donors (Lipinski definition) is 0. The van der Waals surface area contributed by atoms with Crippen molar-refractivity contribution in [2.75, 3.05) is 38.2 Å². The van der Waals surface area contributed by atoms with E-state index in [4.69, 9.17) is 4.74 Å². The fraction of sp³-hybridized carbons (Fsp3) is 0.611. The largest absolute Gasteiger partial charge is 0.377 e. The van der Waals surface area contributed by atoms with Crippen LogP contribution in [0.4, 0.5) is 5.69 Å². The summed E-state index contributed by atoms with van der Waals surface area (Å²) in [5, 5.41) is 0. The van der Waals surface area contributed by atoms with E-state index >= 15 is 0 Å². The van der Waals surface area contributed by atoms with Crippen molar-refractivity contribution in [3.8, 4) is 0 Å². The van der Waals surface area contributed by atoms with Crippen molar-refractivity contribution in [3.63, 3.8) is 0 Å². The maximum atomic E-state index is 12.9. The van der Waals surface area contributed by atoms with E-state index in [0.29, 0.717) is 6.10 Å². The number of carbonyl (C=O) groups excluding carboxylic acids is 1. The molecule has 0 N–H and O–H groups in total. The summed E-state index contributed by atoms with van der Waals surface area (Å²) in [7, 11) is 1.91. The highest BCUT2D eigenvalue weighted by atomic mass is 16.5. The van der Waals surface area contributed by atoms with Crippen LogP contribution in [0.5, 0.6) is 0 Å². The van der Waals surface area contributed by atoms with Gasteiger partial charge in [-0.1, -0.05) is 18.2 Å². The van der Waals surface area contributed by atoms with Crippen LogP contribution in [-0.4, -0.2) is 50.2 Å². The molecule has 1 amide bonds. The lowest BCUT2D eigenvalue weighted by molar-refractivity contribution is -0.124. The topological polar surface area (TPSA) is 32.8 Å². The number of carbonyl (C=O) groups is 1. The molecule has 0 aliphatic carbocycles. The molecule has 1 aromatic rings. The molecule has 22 heavy (non-hydrogen) atoms. The Hall–Kier alpha value is -1.39. The summed E-state index contributed by atoms with van der Waals surface area (Å²) in [6.07, 6.45) is 4.65. The van der Waals surface area contributed by atoms with Gasteiger partial charge >= 0.3 is 0 Å². The smallest absolute Gasteiger partial charge is 0.237 e. The molecule has 0 saturated carbocycles. The van der Waals surface area contributed by atoms with E-state index in [1.165, 1.54) is 18.4 Å². The van der Waals surface area contributed by atoms with Gasteiger partial charge in [0.2, 0.25) is 5.91 Å². The normalized spacial score (nSPS) is 27.6. The first-order valence-electron chi connectivity index (χ1n) is 8.42. The highest BCUT2D eigenvalue weighted by molar-refractivity contribution is 6.07. The number of likely N-dealkylation sites (N-methyl/N-ethyl adjacent to an activating group) is 1. The van der Waals surface area contributed by atoms with Crippen molar-refractivity contribution < 1.29 is 9.53 Å². The highest BCUT2D eigenvalue weighted by Gasteiger charge is 2.50. The molecule has 0 radical (unpaired) electrons. The van der Waals surface area contributed by atoms with E-state index in [9.17, 15) is 4.79 Å². The van der Waals surface area contributed by atoms with Gasteiger partial charge in [0, 0.05) is 25.9 Å².